The summed E-state index contributed by atoms with van der Waals surface area (Å²) in [5.74, 6) is -3.03. The molecule has 1 unspecified atom stereocenters. The highest BCUT2D eigenvalue weighted by molar-refractivity contribution is 6.31. The van der Waals surface area contributed by atoms with Gasteiger partial charge in [0.25, 0.3) is 0 Å². The van der Waals surface area contributed by atoms with Gasteiger partial charge in [-0.1, -0.05) is 121 Å². The van der Waals surface area contributed by atoms with E-state index < -0.39 is 29.7 Å². The lowest BCUT2D eigenvalue weighted by atomic mass is 9.78. The molecule has 1 aromatic heterocycles. The van der Waals surface area contributed by atoms with E-state index in [1.807, 2.05) is 66.9 Å². The van der Waals surface area contributed by atoms with Crippen molar-refractivity contribution in [2.45, 2.75) is 5.92 Å². The van der Waals surface area contributed by atoms with E-state index in [0.29, 0.717) is 10.6 Å². The molecule has 1 N–H and O–H groups in total. The van der Waals surface area contributed by atoms with E-state index in [1.54, 1.807) is 6.07 Å². The summed E-state index contributed by atoms with van der Waals surface area (Å²) in [5, 5.41) is 1.29. The zero-order chi connectivity index (χ0) is 31.9. The molecule has 7 heteroatoms. The van der Waals surface area contributed by atoms with Crippen LogP contribution in [0.5, 0.6) is 0 Å². The Morgan fingerprint density at radius 2 is 1.20 bits per heavy atom. The number of amides is 4. The highest BCUT2D eigenvalue weighted by atomic mass is 35.5. The molecule has 1 aliphatic rings. The van der Waals surface area contributed by atoms with Crippen LogP contribution in [0.15, 0.2) is 128 Å². The van der Waals surface area contributed by atoms with Gasteiger partial charge in [0.1, 0.15) is 5.92 Å². The highest BCUT2D eigenvalue weighted by Gasteiger charge is 2.48. The van der Waals surface area contributed by atoms with Crippen molar-refractivity contribution in [1.29, 1.82) is 0 Å². The van der Waals surface area contributed by atoms with Gasteiger partial charge in [-0.25, -0.2) is 4.79 Å². The summed E-state index contributed by atoms with van der Waals surface area (Å²) in [5.41, 5.74) is 8.78. The number of rotatable bonds is 6. The molecule has 226 valence electrons. The fourth-order valence-corrected chi connectivity index (χ4v) is 6.87. The van der Waals surface area contributed by atoms with Crippen molar-refractivity contribution in [2.24, 2.45) is 5.92 Å². The number of urea groups is 1. The number of barbiturate groups is 1. The van der Waals surface area contributed by atoms with Crippen LogP contribution < -0.4 is 0 Å². The average Bonchev–Trinajstić information content (AvgIpc) is 3.52. The Kier molecular flexibility index (Phi) is 7.51. The molecular weight excluding hydrogens is 594 g/mol. The molecule has 0 radical (unpaired) electrons. The van der Waals surface area contributed by atoms with Crippen molar-refractivity contribution in [1.82, 2.24) is 14.8 Å². The average molecular weight is 624 g/mol. The Balaban J connectivity index is 1.42. The second-order valence-corrected chi connectivity index (χ2v) is 11.9. The number of benzene rings is 5. The van der Waals surface area contributed by atoms with Gasteiger partial charge in [-0.15, -0.1) is 0 Å². The molecule has 1 aliphatic heterocycles. The standard InChI is InChI=1S/C39H30ClN3O3/c1-42-37(44)36(38(45)43(2)39(42)46)35(30-16-9-10-19-32(30)40)31-23-41-33-22-26(20-21-29(31)33)34-27(24-12-5-3-6-13-24)17-11-18-28(34)25-14-7-4-8-15-25/h3-23,35-36,41H,1-2H3. The van der Waals surface area contributed by atoms with Crippen LogP contribution in [0.3, 0.4) is 0 Å². The molecule has 5 aromatic carbocycles. The molecule has 1 atom stereocenters. The van der Waals surface area contributed by atoms with Crippen LogP contribution >= 0.6 is 11.6 Å². The Hall–Kier alpha value is -5.46. The van der Waals surface area contributed by atoms with Crippen LogP contribution in [0.1, 0.15) is 17.0 Å². The van der Waals surface area contributed by atoms with Crippen LogP contribution in [0.25, 0.3) is 44.3 Å². The van der Waals surface area contributed by atoms with E-state index in [9.17, 15) is 14.4 Å². The number of H-pyrrole nitrogens is 1. The summed E-state index contributed by atoms with van der Waals surface area (Å²) >= 11 is 6.73. The van der Waals surface area contributed by atoms with Crippen LogP contribution in [0.4, 0.5) is 4.79 Å². The van der Waals surface area contributed by atoms with Gasteiger partial charge >= 0.3 is 6.03 Å². The fourth-order valence-electron chi connectivity index (χ4n) is 6.62. The topological polar surface area (TPSA) is 73.5 Å². The van der Waals surface area contributed by atoms with Crippen LogP contribution in [-0.2, 0) is 9.59 Å². The third-order valence-corrected chi connectivity index (χ3v) is 9.26. The maximum atomic E-state index is 13.6. The molecule has 4 amide bonds. The van der Waals surface area contributed by atoms with Crippen LogP contribution in [0.2, 0.25) is 5.02 Å². The minimum Gasteiger partial charge on any atom is -0.361 e. The zero-order valence-electron chi connectivity index (χ0n) is 25.3. The lowest BCUT2D eigenvalue weighted by Crippen LogP contribution is -2.58. The molecule has 1 saturated heterocycles. The summed E-state index contributed by atoms with van der Waals surface area (Å²) in [7, 11) is 2.81. The van der Waals surface area contributed by atoms with E-state index in [2.05, 4.69) is 59.6 Å². The SMILES string of the molecule is CN1C(=O)C(C(c2ccccc2Cl)c2c[nH]c3cc(-c4c(-c5ccccc5)cccc4-c4ccccc4)ccc23)C(=O)N(C)C1=O. The summed E-state index contributed by atoms with van der Waals surface area (Å²) < 4.78 is 0. The molecule has 0 saturated carbocycles. The number of nitrogens with one attached hydrogen (secondary N) is 1. The van der Waals surface area contributed by atoms with Crippen molar-refractivity contribution < 1.29 is 14.4 Å². The third-order valence-electron chi connectivity index (χ3n) is 8.91. The normalized spacial score (nSPS) is 14.7. The van der Waals surface area contributed by atoms with Crippen molar-refractivity contribution in [3.63, 3.8) is 0 Å². The lowest BCUT2D eigenvalue weighted by molar-refractivity contribution is -0.148. The van der Waals surface area contributed by atoms with Gasteiger partial charge < -0.3 is 4.98 Å². The Bertz CT molecular complexity index is 2040. The van der Waals surface area contributed by atoms with Gasteiger partial charge in [-0.2, -0.15) is 0 Å². The van der Waals surface area contributed by atoms with E-state index in [4.69, 9.17) is 11.6 Å². The third kappa shape index (κ3) is 4.88. The summed E-state index contributed by atoms with van der Waals surface area (Å²) in [6, 6.07) is 39.8. The molecular formula is C39H30ClN3O3. The van der Waals surface area contributed by atoms with E-state index >= 15 is 0 Å². The number of fused-ring (bicyclic) bond motifs is 1. The number of hydrogen-bond acceptors (Lipinski definition) is 3. The number of carbonyl (C=O) groups is 3. The van der Waals surface area contributed by atoms with Gasteiger partial charge in [0.05, 0.1) is 0 Å². The molecule has 0 bridgehead atoms. The smallest absolute Gasteiger partial charge is 0.332 e. The van der Waals surface area contributed by atoms with Crippen LogP contribution in [-0.4, -0.2) is 46.7 Å². The monoisotopic (exact) mass is 623 g/mol. The minimum absolute atomic E-state index is 0.436. The van der Waals surface area contributed by atoms with Gasteiger partial charge in [-0.05, 0) is 56.6 Å². The summed E-state index contributed by atoms with van der Waals surface area (Å²) in [6.07, 6.45) is 1.85. The van der Waals surface area contributed by atoms with E-state index in [-0.39, 0.29) is 0 Å². The van der Waals surface area contributed by atoms with Gasteiger partial charge in [0, 0.05) is 42.1 Å². The Morgan fingerprint density at radius 1 is 0.630 bits per heavy atom. The van der Waals surface area contributed by atoms with Crippen molar-refractivity contribution in [3.05, 3.63) is 144 Å². The maximum Gasteiger partial charge on any atom is 0.332 e. The quantitative estimate of drug-likeness (QED) is 0.189. The predicted molar refractivity (Wildman–Crippen MR) is 182 cm³/mol. The number of imide groups is 2. The Morgan fingerprint density at radius 3 is 1.78 bits per heavy atom. The minimum atomic E-state index is -1.17. The number of aromatic amines is 1. The first-order valence-electron chi connectivity index (χ1n) is 15.0. The van der Waals surface area contributed by atoms with Gasteiger partial charge in [0.2, 0.25) is 11.8 Å². The molecule has 1 fully saturated rings. The van der Waals surface area contributed by atoms with E-state index in [1.165, 1.54) is 14.1 Å². The molecule has 2 heterocycles. The molecule has 7 rings (SSSR count). The van der Waals surface area contributed by atoms with Gasteiger partial charge in [-0.3, -0.25) is 19.4 Å². The molecule has 46 heavy (non-hydrogen) atoms. The zero-order valence-corrected chi connectivity index (χ0v) is 26.0. The molecule has 0 spiro atoms. The number of carbonyl (C=O) groups excluding carboxylic acids is 3. The first kappa shape index (κ1) is 29.3. The lowest BCUT2D eigenvalue weighted by Gasteiger charge is -2.37. The maximum absolute atomic E-state index is 13.6. The van der Waals surface area contributed by atoms with Crippen molar-refractivity contribution in [2.75, 3.05) is 14.1 Å². The molecule has 6 aromatic rings. The summed E-state index contributed by atoms with van der Waals surface area (Å²) in [4.78, 5) is 45.3. The second-order valence-electron chi connectivity index (χ2n) is 11.5. The first-order chi connectivity index (χ1) is 22.3. The number of aromatic nitrogens is 1. The number of halogens is 1. The number of hydrogen-bond donors (Lipinski definition) is 1. The van der Waals surface area contributed by atoms with Crippen LogP contribution in [0, 0.1) is 5.92 Å². The van der Waals surface area contributed by atoms with Gasteiger partial charge in [0.15, 0.2) is 0 Å². The largest absolute Gasteiger partial charge is 0.361 e. The molecule has 6 nitrogen and oxygen atoms in total. The Labute approximate surface area is 271 Å². The summed E-state index contributed by atoms with van der Waals surface area (Å²) in [6.45, 7) is 0. The van der Waals surface area contributed by atoms with Crippen molar-refractivity contribution >= 4 is 40.3 Å². The number of nitrogens with zero attached hydrogens (tertiary/aromatic N) is 2. The fraction of sp³-hybridized carbons (Fsp3) is 0.103. The van der Waals surface area contributed by atoms with Crippen molar-refractivity contribution in [3.8, 4) is 33.4 Å². The van der Waals surface area contributed by atoms with E-state index in [0.717, 1.165) is 59.6 Å². The second kappa shape index (κ2) is 11.8. The predicted octanol–water partition coefficient (Wildman–Crippen LogP) is 8.62. The first-order valence-corrected chi connectivity index (χ1v) is 15.4. The highest BCUT2D eigenvalue weighted by Crippen LogP contribution is 2.44. The molecule has 0 aliphatic carbocycles.